The molecule has 1 amide bonds. The average Bonchev–Trinajstić information content (AvgIpc) is 2.69. The summed E-state index contributed by atoms with van der Waals surface area (Å²) in [7, 11) is -3.58. The van der Waals surface area contributed by atoms with Crippen LogP contribution in [-0.2, 0) is 24.2 Å². The molecule has 32 heavy (non-hydrogen) atoms. The van der Waals surface area contributed by atoms with Crippen molar-refractivity contribution in [1.29, 1.82) is 0 Å². The van der Waals surface area contributed by atoms with Gasteiger partial charge in [0.05, 0.1) is 6.61 Å². The predicted octanol–water partition coefficient (Wildman–Crippen LogP) is 3.26. The molecule has 0 saturated heterocycles. The molecule has 0 aliphatic rings. The van der Waals surface area contributed by atoms with E-state index < -0.39 is 21.8 Å². The standard InChI is InChI=1S/C21H32N2O8S/c1-32(29,30)18-14-13-16(31-15-9-12-20(27)28)21(23-18)22-17(24)10-7-5-3-2-4-6-8-11-19(25)26/h13-14H,2-12,15H2,1H3,(H,25,26)(H,27,28)(H,22,23,24). The van der Waals surface area contributed by atoms with Gasteiger partial charge in [0.1, 0.15) is 0 Å². The highest BCUT2D eigenvalue weighted by Gasteiger charge is 2.16. The number of carboxylic acids is 2. The van der Waals surface area contributed by atoms with Gasteiger partial charge >= 0.3 is 11.9 Å². The zero-order valence-corrected chi connectivity index (χ0v) is 19.2. The molecule has 0 saturated carbocycles. The Bertz CT molecular complexity index is 871. The van der Waals surface area contributed by atoms with Crippen molar-refractivity contribution in [2.24, 2.45) is 0 Å². The largest absolute Gasteiger partial charge is 0.490 e. The number of carbonyl (C=O) groups is 3. The van der Waals surface area contributed by atoms with Crippen molar-refractivity contribution in [3.8, 4) is 5.75 Å². The summed E-state index contributed by atoms with van der Waals surface area (Å²) in [6.45, 7) is 0.0849. The minimum Gasteiger partial charge on any atom is -0.490 e. The van der Waals surface area contributed by atoms with Gasteiger partial charge < -0.3 is 20.3 Å². The summed E-state index contributed by atoms with van der Waals surface area (Å²) in [6, 6.07) is 2.66. The fourth-order valence-corrected chi connectivity index (χ4v) is 3.46. The smallest absolute Gasteiger partial charge is 0.303 e. The summed E-state index contributed by atoms with van der Waals surface area (Å²) in [5, 5.41) is 19.7. The van der Waals surface area contributed by atoms with Crippen LogP contribution >= 0.6 is 0 Å². The molecule has 0 atom stereocenters. The molecule has 0 unspecified atom stereocenters. The van der Waals surface area contributed by atoms with E-state index in [0.29, 0.717) is 12.8 Å². The molecule has 0 aromatic carbocycles. The molecule has 180 valence electrons. The zero-order chi connectivity index (χ0) is 24.0. The average molecular weight is 473 g/mol. The molecular weight excluding hydrogens is 440 g/mol. The van der Waals surface area contributed by atoms with Gasteiger partial charge in [-0.1, -0.05) is 32.1 Å². The number of aliphatic carboxylic acids is 2. The maximum absolute atomic E-state index is 12.3. The number of anilines is 1. The van der Waals surface area contributed by atoms with E-state index in [4.69, 9.17) is 14.9 Å². The Hall–Kier alpha value is -2.69. The highest BCUT2D eigenvalue weighted by Crippen LogP contribution is 2.25. The lowest BCUT2D eigenvalue weighted by molar-refractivity contribution is -0.138. The summed E-state index contributed by atoms with van der Waals surface area (Å²) >= 11 is 0. The molecule has 1 heterocycles. The van der Waals surface area contributed by atoms with Crippen molar-refractivity contribution in [3.05, 3.63) is 12.1 Å². The van der Waals surface area contributed by atoms with Crippen molar-refractivity contribution < 1.29 is 37.8 Å². The van der Waals surface area contributed by atoms with Gasteiger partial charge in [-0.25, -0.2) is 13.4 Å². The highest BCUT2D eigenvalue weighted by molar-refractivity contribution is 7.90. The quantitative estimate of drug-likeness (QED) is 0.289. The number of nitrogens with zero attached hydrogens (tertiary/aromatic N) is 1. The van der Waals surface area contributed by atoms with Crippen LogP contribution in [0.1, 0.15) is 70.6 Å². The van der Waals surface area contributed by atoms with Gasteiger partial charge in [-0.3, -0.25) is 14.4 Å². The number of nitrogens with one attached hydrogen (secondary N) is 1. The van der Waals surface area contributed by atoms with Crippen LogP contribution in [-0.4, -0.2) is 54.3 Å². The highest BCUT2D eigenvalue weighted by atomic mass is 32.2. The number of carboxylic acid groups (broad SMARTS) is 2. The van der Waals surface area contributed by atoms with Gasteiger partial charge in [-0.05, 0) is 31.4 Å². The van der Waals surface area contributed by atoms with E-state index in [1.165, 1.54) is 12.1 Å². The monoisotopic (exact) mass is 472 g/mol. The van der Waals surface area contributed by atoms with Crippen molar-refractivity contribution in [2.45, 2.75) is 75.7 Å². The third-order valence-corrected chi connectivity index (χ3v) is 5.54. The van der Waals surface area contributed by atoms with Crippen LogP contribution in [0, 0.1) is 0 Å². The summed E-state index contributed by atoms with van der Waals surface area (Å²) in [5.74, 6) is -1.88. The fourth-order valence-electron chi connectivity index (χ4n) is 2.89. The number of ether oxygens (including phenoxy) is 1. The van der Waals surface area contributed by atoms with Crippen LogP contribution in [0.3, 0.4) is 0 Å². The van der Waals surface area contributed by atoms with Crippen molar-refractivity contribution in [2.75, 3.05) is 18.2 Å². The lowest BCUT2D eigenvalue weighted by Crippen LogP contribution is -2.15. The molecule has 0 spiro atoms. The molecule has 0 aliphatic carbocycles. The Kier molecular flexibility index (Phi) is 12.3. The molecule has 0 aliphatic heterocycles. The van der Waals surface area contributed by atoms with Crippen molar-refractivity contribution >= 4 is 33.5 Å². The van der Waals surface area contributed by atoms with E-state index in [9.17, 15) is 22.8 Å². The number of amides is 1. The first-order valence-corrected chi connectivity index (χ1v) is 12.6. The molecule has 1 rings (SSSR count). The molecule has 0 radical (unpaired) electrons. The molecule has 11 heteroatoms. The normalized spacial score (nSPS) is 11.2. The number of sulfone groups is 1. The maximum atomic E-state index is 12.3. The first-order chi connectivity index (χ1) is 15.1. The number of carbonyl (C=O) groups excluding carboxylic acids is 1. The van der Waals surface area contributed by atoms with Crippen LogP contribution in [0.4, 0.5) is 5.82 Å². The molecule has 1 aromatic heterocycles. The van der Waals surface area contributed by atoms with E-state index in [-0.39, 0.29) is 54.8 Å². The number of hydrogen-bond acceptors (Lipinski definition) is 7. The Morgan fingerprint density at radius 1 is 0.875 bits per heavy atom. The van der Waals surface area contributed by atoms with Gasteiger partial charge in [-0.2, -0.15) is 0 Å². The minimum absolute atomic E-state index is 0.00770. The third kappa shape index (κ3) is 12.2. The van der Waals surface area contributed by atoms with Crippen molar-refractivity contribution in [1.82, 2.24) is 4.98 Å². The number of aromatic nitrogens is 1. The van der Waals surface area contributed by atoms with Gasteiger partial charge in [0.25, 0.3) is 0 Å². The number of hydrogen-bond donors (Lipinski definition) is 3. The van der Waals surface area contributed by atoms with E-state index in [1.807, 2.05) is 0 Å². The molecule has 3 N–H and O–H groups in total. The second-order valence-corrected chi connectivity index (χ2v) is 9.49. The van der Waals surface area contributed by atoms with E-state index in [0.717, 1.165) is 38.4 Å². The number of unbranched alkanes of at least 4 members (excludes halogenated alkanes) is 6. The number of rotatable bonds is 17. The molecule has 0 bridgehead atoms. The van der Waals surface area contributed by atoms with Gasteiger partial charge in [-0.15, -0.1) is 0 Å². The SMILES string of the molecule is CS(=O)(=O)c1ccc(OCCCC(=O)O)c(NC(=O)CCCCCCCCCC(=O)O)n1. The number of pyridine rings is 1. The van der Waals surface area contributed by atoms with Crippen LogP contribution in [0.2, 0.25) is 0 Å². The van der Waals surface area contributed by atoms with Crippen LogP contribution in [0.15, 0.2) is 17.2 Å². The fraction of sp³-hybridized carbons (Fsp3) is 0.619. The zero-order valence-electron chi connectivity index (χ0n) is 18.3. The summed E-state index contributed by atoms with van der Waals surface area (Å²) in [6.07, 6.45) is 7.57. The first-order valence-electron chi connectivity index (χ1n) is 10.7. The van der Waals surface area contributed by atoms with Crippen LogP contribution in [0.25, 0.3) is 0 Å². The van der Waals surface area contributed by atoms with E-state index >= 15 is 0 Å². The molecule has 1 aromatic rings. The predicted molar refractivity (Wildman–Crippen MR) is 118 cm³/mol. The Morgan fingerprint density at radius 2 is 1.41 bits per heavy atom. The molecule has 0 fully saturated rings. The second kappa shape index (κ2) is 14.4. The van der Waals surface area contributed by atoms with E-state index in [2.05, 4.69) is 10.3 Å². The topological polar surface area (TPSA) is 160 Å². The maximum Gasteiger partial charge on any atom is 0.303 e. The van der Waals surface area contributed by atoms with Crippen LogP contribution in [0.5, 0.6) is 5.75 Å². The lowest BCUT2D eigenvalue weighted by atomic mass is 10.1. The van der Waals surface area contributed by atoms with Gasteiger partial charge in [0, 0.05) is 25.5 Å². The van der Waals surface area contributed by atoms with E-state index in [1.54, 1.807) is 0 Å². The van der Waals surface area contributed by atoms with Gasteiger partial charge in [0.15, 0.2) is 26.4 Å². The molecule has 10 nitrogen and oxygen atoms in total. The van der Waals surface area contributed by atoms with Crippen LogP contribution < -0.4 is 10.1 Å². The Labute approximate surface area is 188 Å². The lowest BCUT2D eigenvalue weighted by Gasteiger charge is -2.12. The Balaban J connectivity index is 2.50. The second-order valence-electron chi connectivity index (χ2n) is 7.53. The minimum atomic E-state index is -3.58. The summed E-state index contributed by atoms with van der Waals surface area (Å²) in [4.78, 5) is 37.3. The van der Waals surface area contributed by atoms with Crippen molar-refractivity contribution in [3.63, 3.8) is 0 Å². The Morgan fingerprint density at radius 3 is 1.97 bits per heavy atom. The third-order valence-electron chi connectivity index (χ3n) is 4.56. The van der Waals surface area contributed by atoms with Gasteiger partial charge in [0.2, 0.25) is 5.91 Å². The summed E-state index contributed by atoms with van der Waals surface area (Å²) in [5.41, 5.74) is 0. The molecular formula is C21H32N2O8S. The summed E-state index contributed by atoms with van der Waals surface area (Å²) < 4.78 is 29.0. The first kappa shape index (κ1) is 27.3.